The van der Waals surface area contributed by atoms with E-state index < -0.39 is 9.92 Å². The fraction of sp³-hybridized carbons (Fsp3) is 0.800. The Kier molecular flexibility index (Phi) is 3.52. The summed E-state index contributed by atoms with van der Waals surface area (Å²) in [7, 11) is -2.72. The summed E-state index contributed by atoms with van der Waals surface area (Å²) in [6.07, 6.45) is 2.26. The average molecular weight is 164 g/mol. The van der Waals surface area contributed by atoms with Gasteiger partial charge in [-0.25, -0.2) is 9.35 Å². The number of nitrogens with zero attached hydrogens (tertiary/aromatic N) is 1. The highest BCUT2D eigenvalue weighted by atomic mass is 32.2. The Hall–Kier alpha value is -0.420. The molecule has 4 nitrogen and oxygen atoms in total. The molecule has 0 fully saturated rings. The molecular weight excluding hydrogens is 152 g/mol. The van der Waals surface area contributed by atoms with E-state index in [1.54, 1.807) is 0 Å². The van der Waals surface area contributed by atoms with E-state index >= 15 is 0 Å². The molecule has 1 amide bonds. The van der Waals surface area contributed by atoms with Crippen LogP contribution in [0.5, 0.6) is 0 Å². The van der Waals surface area contributed by atoms with Crippen LogP contribution in [0.15, 0.2) is 4.36 Å². The van der Waals surface area contributed by atoms with Crippen LogP contribution in [0.1, 0.15) is 19.8 Å². The van der Waals surface area contributed by atoms with Gasteiger partial charge in [0, 0.05) is 12.7 Å². The third kappa shape index (κ3) is 5.71. The number of carbonyl (C=O) groups is 1. The highest BCUT2D eigenvalue weighted by Crippen LogP contribution is 1.91. The molecule has 0 saturated carbocycles. The smallest absolute Gasteiger partial charge is 0.254 e. The van der Waals surface area contributed by atoms with E-state index in [0.29, 0.717) is 12.8 Å². The molecular formula is C5H12N2O2S. The Morgan fingerprint density at radius 1 is 1.70 bits per heavy atom. The predicted molar refractivity (Wildman–Crippen MR) is 40.6 cm³/mol. The van der Waals surface area contributed by atoms with E-state index in [0.717, 1.165) is 0 Å². The Balaban J connectivity index is 4.16. The van der Waals surface area contributed by atoms with Crippen molar-refractivity contribution >= 4 is 15.8 Å². The van der Waals surface area contributed by atoms with Crippen molar-refractivity contribution in [1.82, 2.24) is 0 Å². The Bertz CT molecular complexity index is 220. The maximum atomic E-state index is 10.7. The van der Waals surface area contributed by atoms with Crippen molar-refractivity contribution in [2.75, 3.05) is 6.26 Å². The molecule has 0 spiro atoms. The summed E-state index contributed by atoms with van der Waals surface area (Å²) >= 11 is 0. The second-order valence-corrected chi connectivity index (χ2v) is 4.00. The second kappa shape index (κ2) is 3.68. The minimum Gasteiger partial charge on any atom is -0.272 e. The van der Waals surface area contributed by atoms with Crippen LogP contribution in [0, 0.1) is 0 Å². The lowest BCUT2D eigenvalue weighted by Gasteiger charge is -1.92. The number of hydrogen-bond donors (Lipinski definition) is 1. The summed E-state index contributed by atoms with van der Waals surface area (Å²) in [5, 5.41) is 5.01. The summed E-state index contributed by atoms with van der Waals surface area (Å²) in [5.41, 5.74) is 0. The molecule has 1 unspecified atom stereocenters. The summed E-state index contributed by atoms with van der Waals surface area (Å²) in [6, 6.07) is 0. The first-order valence-corrected chi connectivity index (χ1v) is 4.97. The molecule has 0 heterocycles. The van der Waals surface area contributed by atoms with Crippen LogP contribution < -0.4 is 5.14 Å². The maximum absolute atomic E-state index is 10.7. The number of amides is 1. The van der Waals surface area contributed by atoms with Crippen molar-refractivity contribution in [3.63, 3.8) is 0 Å². The van der Waals surface area contributed by atoms with Crippen LogP contribution in [-0.2, 0) is 14.7 Å². The highest BCUT2D eigenvalue weighted by Gasteiger charge is 1.98. The topological polar surface area (TPSA) is 72.5 Å². The molecule has 0 saturated heterocycles. The molecule has 0 radical (unpaired) electrons. The molecule has 0 aliphatic rings. The van der Waals surface area contributed by atoms with Crippen LogP contribution >= 0.6 is 0 Å². The van der Waals surface area contributed by atoms with Gasteiger partial charge in [-0.3, -0.25) is 4.79 Å². The van der Waals surface area contributed by atoms with Gasteiger partial charge in [-0.05, 0) is 6.42 Å². The zero-order valence-corrected chi connectivity index (χ0v) is 6.98. The second-order valence-electron chi connectivity index (χ2n) is 2.10. The van der Waals surface area contributed by atoms with Crippen molar-refractivity contribution < 1.29 is 9.00 Å². The van der Waals surface area contributed by atoms with Gasteiger partial charge in [0.05, 0.1) is 0 Å². The van der Waals surface area contributed by atoms with Crippen LogP contribution in [0.3, 0.4) is 0 Å². The molecule has 60 valence electrons. The largest absolute Gasteiger partial charge is 0.272 e. The van der Waals surface area contributed by atoms with Crippen LogP contribution in [0.4, 0.5) is 0 Å². The average Bonchev–Trinajstić information content (AvgIpc) is 1.59. The standard InChI is InChI=1S/C5H12N2O2S/c1-3-4-5(8)7-10(2,6)9/h3-4H2,1-2H3,(H2,6,7,8,9). The maximum Gasteiger partial charge on any atom is 0.254 e. The van der Waals surface area contributed by atoms with Gasteiger partial charge in [-0.1, -0.05) is 6.92 Å². The van der Waals surface area contributed by atoms with E-state index in [-0.39, 0.29) is 5.91 Å². The quantitative estimate of drug-likeness (QED) is 0.636. The predicted octanol–water partition coefficient (Wildman–Crippen LogP) is 0.285. The number of rotatable bonds is 2. The number of hydrogen-bond acceptors (Lipinski definition) is 2. The first-order valence-electron chi connectivity index (χ1n) is 2.98. The summed E-state index contributed by atoms with van der Waals surface area (Å²) in [6.45, 7) is 1.85. The molecule has 5 heteroatoms. The highest BCUT2D eigenvalue weighted by molar-refractivity contribution is 7.91. The van der Waals surface area contributed by atoms with Gasteiger partial charge in [0.2, 0.25) is 0 Å². The molecule has 0 aromatic heterocycles. The molecule has 0 rings (SSSR count). The normalized spacial score (nSPS) is 15.9. The molecule has 10 heavy (non-hydrogen) atoms. The van der Waals surface area contributed by atoms with Gasteiger partial charge in [0.25, 0.3) is 5.91 Å². The van der Waals surface area contributed by atoms with E-state index in [1.165, 1.54) is 6.26 Å². The van der Waals surface area contributed by atoms with Crippen LogP contribution in [-0.4, -0.2) is 16.4 Å². The first kappa shape index (κ1) is 9.58. The van der Waals surface area contributed by atoms with Gasteiger partial charge in [0.15, 0.2) is 0 Å². The summed E-state index contributed by atoms with van der Waals surface area (Å²) in [5.74, 6) is -0.377. The van der Waals surface area contributed by atoms with E-state index in [2.05, 4.69) is 4.36 Å². The fourth-order valence-corrected chi connectivity index (χ4v) is 0.957. The minimum absolute atomic E-state index is 0.321. The lowest BCUT2D eigenvalue weighted by atomic mass is 10.3. The molecule has 0 aliphatic heterocycles. The van der Waals surface area contributed by atoms with Crippen molar-refractivity contribution in [2.24, 2.45) is 9.50 Å². The minimum atomic E-state index is -2.72. The van der Waals surface area contributed by atoms with Crippen molar-refractivity contribution in [3.8, 4) is 0 Å². The molecule has 2 N–H and O–H groups in total. The third-order valence-corrected chi connectivity index (χ3v) is 1.31. The first-order chi connectivity index (χ1) is 4.45. The van der Waals surface area contributed by atoms with Gasteiger partial charge in [-0.15, -0.1) is 4.36 Å². The molecule has 0 aromatic carbocycles. The van der Waals surface area contributed by atoms with Crippen LogP contribution in [0.2, 0.25) is 0 Å². The Morgan fingerprint density at radius 3 is 2.50 bits per heavy atom. The van der Waals surface area contributed by atoms with Crippen molar-refractivity contribution in [1.29, 1.82) is 0 Å². The van der Waals surface area contributed by atoms with Gasteiger partial charge < -0.3 is 0 Å². The Labute approximate surface area is 61.1 Å². The van der Waals surface area contributed by atoms with Crippen LogP contribution in [0.25, 0.3) is 0 Å². The lowest BCUT2D eigenvalue weighted by molar-refractivity contribution is -0.117. The zero-order valence-electron chi connectivity index (χ0n) is 6.16. The number of carbonyl (C=O) groups excluding carboxylic acids is 1. The molecule has 0 aliphatic carbocycles. The van der Waals surface area contributed by atoms with Crippen molar-refractivity contribution in [2.45, 2.75) is 19.8 Å². The van der Waals surface area contributed by atoms with E-state index in [9.17, 15) is 9.00 Å². The SMILES string of the molecule is CCCC(=O)N=S(C)(N)=O. The molecule has 1 atom stereocenters. The summed E-state index contributed by atoms with van der Waals surface area (Å²) in [4.78, 5) is 10.6. The Morgan fingerprint density at radius 2 is 2.20 bits per heavy atom. The molecule has 0 aromatic rings. The van der Waals surface area contributed by atoms with E-state index in [1.807, 2.05) is 6.92 Å². The zero-order chi connectivity index (χ0) is 8.20. The third-order valence-electron chi connectivity index (χ3n) is 0.747. The fourth-order valence-electron chi connectivity index (χ4n) is 0.462. The monoisotopic (exact) mass is 164 g/mol. The van der Waals surface area contributed by atoms with Gasteiger partial charge in [-0.2, -0.15) is 0 Å². The number of nitrogens with two attached hydrogens (primary N) is 1. The van der Waals surface area contributed by atoms with E-state index in [4.69, 9.17) is 5.14 Å². The molecule has 0 bridgehead atoms. The van der Waals surface area contributed by atoms with Gasteiger partial charge >= 0.3 is 0 Å². The van der Waals surface area contributed by atoms with Crippen molar-refractivity contribution in [3.05, 3.63) is 0 Å². The van der Waals surface area contributed by atoms with Gasteiger partial charge in [0.1, 0.15) is 9.92 Å². The lowest BCUT2D eigenvalue weighted by Crippen LogP contribution is -2.11. The summed E-state index contributed by atoms with van der Waals surface area (Å²) < 4.78 is 13.9.